The molecule has 1 atom stereocenters. The molecule has 1 heterocycles. The first-order valence-corrected chi connectivity index (χ1v) is 7.43. The van der Waals surface area contributed by atoms with Gasteiger partial charge in [0.15, 0.2) is 0 Å². The molecule has 0 aliphatic carbocycles. The Morgan fingerprint density at radius 3 is 2.38 bits per heavy atom. The van der Waals surface area contributed by atoms with Crippen molar-refractivity contribution in [1.82, 2.24) is 5.32 Å². The maximum atomic E-state index is 5.72. The molecule has 0 spiro atoms. The van der Waals surface area contributed by atoms with Crippen LogP contribution < -0.4 is 10.1 Å². The molecule has 2 aromatic rings. The van der Waals surface area contributed by atoms with Gasteiger partial charge in [0.2, 0.25) is 0 Å². The Kier molecular flexibility index (Phi) is 4.73. The van der Waals surface area contributed by atoms with E-state index in [1.165, 1.54) is 22.3 Å². The van der Waals surface area contributed by atoms with Crippen molar-refractivity contribution < 1.29 is 9.15 Å². The van der Waals surface area contributed by atoms with Gasteiger partial charge in [-0.15, -0.1) is 0 Å². The van der Waals surface area contributed by atoms with Gasteiger partial charge in [0.25, 0.3) is 0 Å². The van der Waals surface area contributed by atoms with Crippen LogP contribution in [0.3, 0.4) is 0 Å². The van der Waals surface area contributed by atoms with Crippen molar-refractivity contribution in [3.63, 3.8) is 0 Å². The molecule has 0 bridgehead atoms. The molecule has 1 unspecified atom stereocenters. The highest BCUT2D eigenvalue weighted by Crippen LogP contribution is 2.36. The quantitative estimate of drug-likeness (QED) is 0.894. The Labute approximate surface area is 127 Å². The highest BCUT2D eigenvalue weighted by molar-refractivity contribution is 5.49. The Bertz CT molecular complexity index is 628. The van der Waals surface area contributed by atoms with E-state index < -0.39 is 0 Å². The lowest BCUT2D eigenvalue weighted by atomic mass is 9.92. The third kappa shape index (κ3) is 3.13. The Morgan fingerprint density at radius 1 is 1.14 bits per heavy atom. The summed E-state index contributed by atoms with van der Waals surface area (Å²) in [5, 5.41) is 3.56. The lowest BCUT2D eigenvalue weighted by Crippen LogP contribution is -2.23. The van der Waals surface area contributed by atoms with Crippen LogP contribution in [0.5, 0.6) is 5.75 Å². The van der Waals surface area contributed by atoms with Gasteiger partial charge in [-0.3, -0.25) is 0 Å². The fraction of sp³-hybridized carbons (Fsp3) is 0.444. The number of ether oxygens (including phenoxy) is 1. The minimum absolute atomic E-state index is 0.0861. The predicted octanol–water partition coefficient (Wildman–Crippen LogP) is 4.22. The second-order valence-electron chi connectivity index (χ2n) is 5.56. The second kappa shape index (κ2) is 6.35. The molecule has 0 radical (unpaired) electrons. The molecule has 0 amide bonds. The van der Waals surface area contributed by atoms with E-state index in [1.54, 1.807) is 7.11 Å². The summed E-state index contributed by atoms with van der Waals surface area (Å²) in [5.41, 5.74) is 4.81. The minimum atomic E-state index is 0.0861. The zero-order valence-corrected chi connectivity index (χ0v) is 13.8. The number of benzene rings is 1. The van der Waals surface area contributed by atoms with Gasteiger partial charge >= 0.3 is 0 Å². The number of nitrogens with one attached hydrogen (secondary N) is 1. The van der Waals surface area contributed by atoms with Crippen molar-refractivity contribution in [3.05, 3.63) is 52.0 Å². The molecular weight excluding hydrogens is 262 g/mol. The molecule has 3 heteroatoms. The van der Waals surface area contributed by atoms with E-state index in [4.69, 9.17) is 9.15 Å². The third-order valence-electron chi connectivity index (χ3n) is 3.80. The minimum Gasteiger partial charge on any atom is -0.496 e. The third-order valence-corrected chi connectivity index (χ3v) is 3.80. The summed E-state index contributed by atoms with van der Waals surface area (Å²) in [4.78, 5) is 0. The number of rotatable bonds is 5. The number of aryl methyl sites for hydroxylation is 4. The zero-order valence-electron chi connectivity index (χ0n) is 13.8. The van der Waals surface area contributed by atoms with E-state index in [0.717, 1.165) is 23.8 Å². The van der Waals surface area contributed by atoms with E-state index in [2.05, 4.69) is 44.3 Å². The van der Waals surface area contributed by atoms with Gasteiger partial charge in [-0.05, 0) is 57.5 Å². The van der Waals surface area contributed by atoms with Crippen LogP contribution in [0.1, 0.15) is 46.7 Å². The van der Waals surface area contributed by atoms with Crippen molar-refractivity contribution >= 4 is 0 Å². The summed E-state index contributed by atoms with van der Waals surface area (Å²) in [6.07, 6.45) is 0. The topological polar surface area (TPSA) is 34.4 Å². The molecule has 0 aliphatic rings. The molecule has 0 saturated heterocycles. The molecule has 114 valence electrons. The van der Waals surface area contributed by atoms with Crippen molar-refractivity contribution in [1.29, 1.82) is 0 Å². The molecule has 21 heavy (non-hydrogen) atoms. The van der Waals surface area contributed by atoms with Crippen LogP contribution >= 0.6 is 0 Å². The summed E-state index contributed by atoms with van der Waals surface area (Å²) >= 11 is 0. The molecule has 0 fully saturated rings. The summed E-state index contributed by atoms with van der Waals surface area (Å²) in [6.45, 7) is 11.2. The zero-order chi connectivity index (χ0) is 15.6. The lowest BCUT2D eigenvalue weighted by molar-refractivity contribution is 0.402. The van der Waals surface area contributed by atoms with Gasteiger partial charge in [0, 0.05) is 11.1 Å². The van der Waals surface area contributed by atoms with E-state index in [1.807, 2.05) is 13.8 Å². The first kappa shape index (κ1) is 15.6. The number of methoxy groups -OCH3 is 1. The average Bonchev–Trinajstić information content (AvgIpc) is 2.75. The standard InChI is InChI=1S/C18H25NO2/c1-7-19-18(15-10-13(4)21-14(15)5)17-12(3)8-11(2)9-16(17)20-6/h8-10,18-19H,7H2,1-6H3. The molecule has 0 saturated carbocycles. The van der Waals surface area contributed by atoms with Gasteiger partial charge in [-0.2, -0.15) is 0 Å². The first-order chi connectivity index (χ1) is 9.97. The van der Waals surface area contributed by atoms with Crippen LogP contribution in [-0.2, 0) is 0 Å². The number of hydrogen-bond donors (Lipinski definition) is 1. The van der Waals surface area contributed by atoms with Gasteiger partial charge in [0.05, 0.1) is 13.2 Å². The van der Waals surface area contributed by atoms with Crippen molar-refractivity contribution in [3.8, 4) is 5.75 Å². The highest BCUT2D eigenvalue weighted by atomic mass is 16.5. The van der Waals surface area contributed by atoms with Crippen LogP contribution in [0.25, 0.3) is 0 Å². The second-order valence-corrected chi connectivity index (χ2v) is 5.56. The van der Waals surface area contributed by atoms with Gasteiger partial charge in [-0.25, -0.2) is 0 Å². The molecule has 1 aromatic heterocycles. The molecule has 1 aromatic carbocycles. The monoisotopic (exact) mass is 287 g/mol. The smallest absolute Gasteiger partial charge is 0.124 e. The van der Waals surface area contributed by atoms with Crippen molar-refractivity contribution in [2.24, 2.45) is 0 Å². The predicted molar refractivity (Wildman–Crippen MR) is 86.2 cm³/mol. The van der Waals surface area contributed by atoms with E-state index in [9.17, 15) is 0 Å². The molecule has 2 rings (SSSR count). The normalized spacial score (nSPS) is 12.5. The summed E-state index contributed by atoms with van der Waals surface area (Å²) in [7, 11) is 1.73. The number of furan rings is 1. The fourth-order valence-corrected chi connectivity index (χ4v) is 2.99. The van der Waals surface area contributed by atoms with E-state index in [0.29, 0.717) is 0 Å². The van der Waals surface area contributed by atoms with Crippen LogP contribution in [0.15, 0.2) is 22.6 Å². The fourth-order valence-electron chi connectivity index (χ4n) is 2.99. The molecular formula is C18H25NO2. The lowest BCUT2D eigenvalue weighted by Gasteiger charge is -2.23. The average molecular weight is 287 g/mol. The van der Waals surface area contributed by atoms with Gasteiger partial charge in [0.1, 0.15) is 17.3 Å². The Hall–Kier alpha value is -1.74. The molecule has 0 aliphatic heterocycles. The SMILES string of the molecule is CCNC(c1cc(C)oc1C)c1c(C)cc(C)cc1OC. The van der Waals surface area contributed by atoms with Gasteiger partial charge in [-0.1, -0.05) is 13.0 Å². The van der Waals surface area contributed by atoms with Crippen molar-refractivity contribution in [2.75, 3.05) is 13.7 Å². The maximum Gasteiger partial charge on any atom is 0.124 e. The van der Waals surface area contributed by atoms with E-state index in [-0.39, 0.29) is 6.04 Å². The summed E-state index contributed by atoms with van der Waals surface area (Å²) in [5.74, 6) is 2.83. The van der Waals surface area contributed by atoms with Crippen LogP contribution in [0.4, 0.5) is 0 Å². The Morgan fingerprint density at radius 2 is 1.86 bits per heavy atom. The van der Waals surface area contributed by atoms with Gasteiger partial charge < -0.3 is 14.5 Å². The molecule has 1 N–H and O–H groups in total. The first-order valence-electron chi connectivity index (χ1n) is 7.43. The molecule has 3 nitrogen and oxygen atoms in total. The summed E-state index contributed by atoms with van der Waals surface area (Å²) in [6, 6.07) is 6.49. The maximum absolute atomic E-state index is 5.72. The largest absolute Gasteiger partial charge is 0.496 e. The summed E-state index contributed by atoms with van der Waals surface area (Å²) < 4.78 is 11.4. The van der Waals surface area contributed by atoms with E-state index >= 15 is 0 Å². The van der Waals surface area contributed by atoms with Crippen LogP contribution in [-0.4, -0.2) is 13.7 Å². The highest BCUT2D eigenvalue weighted by Gasteiger charge is 2.23. The Balaban J connectivity index is 2.60. The van der Waals surface area contributed by atoms with Crippen molar-refractivity contribution in [2.45, 2.75) is 40.7 Å². The number of hydrogen-bond acceptors (Lipinski definition) is 3. The van der Waals surface area contributed by atoms with Crippen LogP contribution in [0, 0.1) is 27.7 Å². The van der Waals surface area contributed by atoms with Crippen LogP contribution in [0.2, 0.25) is 0 Å².